The highest BCUT2D eigenvalue weighted by Crippen LogP contribution is 2.30. The molecule has 1 N–H and O–H groups in total. The number of hydrogen-bond donors (Lipinski definition) is 1. The van der Waals surface area contributed by atoms with Crippen LogP contribution in [0.5, 0.6) is 0 Å². The third kappa shape index (κ3) is 3.18. The molecule has 0 spiro atoms. The summed E-state index contributed by atoms with van der Waals surface area (Å²) in [7, 11) is 0. The summed E-state index contributed by atoms with van der Waals surface area (Å²) in [6.07, 6.45) is -0.323. The molecule has 1 unspecified atom stereocenters. The molecule has 0 aliphatic carbocycles. The molecule has 0 fully saturated rings. The summed E-state index contributed by atoms with van der Waals surface area (Å²) in [4.78, 5) is 0. The summed E-state index contributed by atoms with van der Waals surface area (Å²) in [6.45, 7) is 0. The zero-order valence-corrected chi connectivity index (χ0v) is 11.7. The lowest BCUT2D eigenvalue weighted by atomic mass is 10.0. The first kappa shape index (κ1) is 13.7. The van der Waals surface area contributed by atoms with Gasteiger partial charge in [0.25, 0.3) is 0 Å². The predicted octanol–water partition coefficient (Wildman–Crippen LogP) is 4.92. The van der Waals surface area contributed by atoms with Crippen LogP contribution < -0.4 is 0 Å². The molecular weight excluding hydrogens is 291 g/mol. The SMILES string of the molecule is OC(Cc1ccccc1Cl)c1cc(Cl)ccc1Cl. The summed E-state index contributed by atoms with van der Waals surface area (Å²) in [5, 5.41) is 11.9. The van der Waals surface area contributed by atoms with Crippen LogP contribution in [0.2, 0.25) is 15.1 Å². The van der Waals surface area contributed by atoms with Gasteiger partial charge in [-0.15, -0.1) is 0 Å². The van der Waals surface area contributed by atoms with Gasteiger partial charge in [-0.1, -0.05) is 53.0 Å². The molecule has 2 aromatic carbocycles. The molecule has 0 saturated carbocycles. The lowest BCUT2D eigenvalue weighted by Crippen LogP contribution is -2.03. The molecular formula is C14H11Cl3O. The molecule has 0 amide bonds. The van der Waals surface area contributed by atoms with E-state index in [0.717, 1.165) is 5.56 Å². The Hall–Kier alpha value is -0.730. The van der Waals surface area contributed by atoms with E-state index in [1.54, 1.807) is 24.3 Å². The number of rotatable bonds is 3. The standard InChI is InChI=1S/C14H11Cl3O/c15-10-5-6-13(17)11(8-10)14(18)7-9-3-1-2-4-12(9)16/h1-6,8,14,18H,7H2. The van der Waals surface area contributed by atoms with E-state index in [4.69, 9.17) is 34.8 Å². The molecule has 94 valence electrons. The van der Waals surface area contributed by atoms with Gasteiger partial charge in [-0.2, -0.15) is 0 Å². The molecule has 0 aromatic heterocycles. The maximum atomic E-state index is 10.2. The minimum Gasteiger partial charge on any atom is -0.388 e. The summed E-state index contributed by atoms with van der Waals surface area (Å²) < 4.78 is 0. The van der Waals surface area contributed by atoms with Crippen LogP contribution in [0.3, 0.4) is 0 Å². The number of aliphatic hydroxyl groups excluding tert-OH is 1. The van der Waals surface area contributed by atoms with Crippen LogP contribution >= 0.6 is 34.8 Å². The molecule has 0 aliphatic rings. The highest BCUT2D eigenvalue weighted by atomic mass is 35.5. The molecule has 18 heavy (non-hydrogen) atoms. The van der Waals surface area contributed by atoms with Crippen molar-refractivity contribution in [3.63, 3.8) is 0 Å². The van der Waals surface area contributed by atoms with Crippen molar-refractivity contribution in [3.05, 3.63) is 68.7 Å². The zero-order valence-electron chi connectivity index (χ0n) is 9.41. The zero-order chi connectivity index (χ0) is 13.1. The maximum Gasteiger partial charge on any atom is 0.0845 e. The quantitative estimate of drug-likeness (QED) is 0.853. The van der Waals surface area contributed by atoms with E-state index in [1.165, 1.54) is 0 Å². The van der Waals surface area contributed by atoms with Crippen molar-refractivity contribution in [3.8, 4) is 0 Å². The average Bonchev–Trinajstić information content (AvgIpc) is 2.35. The summed E-state index contributed by atoms with van der Waals surface area (Å²) in [5.41, 5.74) is 1.49. The van der Waals surface area contributed by atoms with Crippen LogP contribution in [0.1, 0.15) is 17.2 Å². The molecule has 1 nitrogen and oxygen atoms in total. The lowest BCUT2D eigenvalue weighted by Gasteiger charge is -2.14. The topological polar surface area (TPSA) is 20.2 Å². The van der Waals surface area contributed by atoms with Crippen LogP contribution in [0, 0.1) is 0 Å². The summed E-state index contributed by atoms with van der Waals surface area (Å²) in [5.74, 6) is 0. The Labute approximate surface area is 121 Å². The van der Waals surface area contributed by atoms with Gasteiger partial charge in [0, 0.05) is 27.1 Å². The number of aliphatic hydroxyl groups is 1. The van der Waals surface area contributed by atoms with Gasteiger partial charge in [-0.05, 0) is 29.8 Å². The monoisotopic (exact) mass is 300 g/mol. The molecule has 0 heterocycles. The predicted molar refractivity (Wildman–Crippen MR) is 76.6 cm³/mol. The third-order valence-corrected chi connectivity index (χ3v) is 3.64. The summed E-state index contributed by atoms with van der Waals surface area (Å²) in [6, 6.07) is 12.4. The van der Waals surface area contributed by atoms with Gasteiger partial charge in [0.2, 0.25) is 0 Å². The van der Waals surface area contributed by atoms with Crippen molar-refractivity contribution in [2.24, 2.45) is 0 Å². The van der Waals surface area contributed by atoms with Crippen molar-refractivity contribution in [2.45, 2.75) is 12.5 Å². The van der Waals surface area contributed by atoms with E-state index in [2.05, 4.69) is 0 Å². The lowest BCUT2D eigenvalue weighted by molar-refractivity contribution is 0.178. The van der Waals surface area contributed by atoms with Gasteiger partial charge in [0.15, 0.2) is 0 Å². The van der Waals surface area contributed by atoms with Gasteiger partial charge >= 0.3 is 0 Å². The van der Waals surface area contributed by atoms with E-state index in [9.17, 15) is 5.11 Å². The fraction of sp³-hybridized carbons (Fsp3) is 0.143. The highest BCUT2D eigenvalue weighted by molar-refractivity contribution is 6.33. The second-order valence-corrected chi connectivity index (χ2v) is 5.23. The van der Waals surface area contributed by atoms with Crippen LogP contribution in [-0.4, -0.2) is 5.11 Å². The third-order valence-electron chi connectivity index (χ3n) is 2.69. The summed E-state index contributed by atoms with van der Waals surface area (Å²) >= 11 is 18.0. The molecule has 2 aromatic rings. The maximum absolute atomic E-state index is 10.2. The fourth-order valence-electron chi connectivity index (χ4n) is 1.75. The second-order valence-electron chi connectivity index (χ2n) is 3.98. The molecule has 0 saturated heterocycles. The first-order chi connectivity index (χ1) is 8.58. The van der Waals surface area contributed by atoms with E-state index in [0.29, 0.717) is 27.1 Å². The average molecular weight is 302 g/mol. The van der Waals surface area contributed by atoms with Crippen molar-refractivity contribution in [1.82, 2.24) is 0 Å². The fourth-order valence-corrected chi connectivity index (χ4v) is 2.39. The molecule has 0 aliphatic heterocycles. The van der Waals surface area contributed by atoms with Crippen molar-refractivity contribution >= 4 is 34.8 Å². The Morgan fingerprint density at radius 1 is 0.944 bits per heavy atom. The van der Waals surface area contributed by atoms with Gasteiger partial charge in [-0.25, -0.2) is 0 Å². The van der Waals surface area contributed by atoms with E-state index >= 15 is 0 Å². The van der Waals surface area contributed by atoms with E-state index in [-0.39, 0.29) is 0 Å². The van der Waals surface area contributed by atoms with Gasteiger partial charge in [0.05, 0.1) is 6.10 Å². The Morgan fingerprint density at radius 2 is 1.67 bits per heavy atom. The smallest absolute Gasteiger partial charge is 0.0845 e. The van der Waals surface area contributed by atoms with Crippen LogP contribution in [-0.2, 0) is 6.42 Å². The van der Waals surface area contributed by atoms with E-state index in [1.807, 2.05) is 18.2 Å². The molecule has 2 rings (SSSR count). The highest BCUT2D eigenvalue weighted by Gasteiger charge is 2.14. The normalized spacial score (nSPS) is 12.4. The Balaban J connectivity index is 2.25. The minimum absolute atomic E-state index is 0.403. The van der Waals surface area contributed by atoms with Crippen LogP contribution in [0.25, 0.3) is 0 Å². The molecule has 1 atom stereocenters. The van der Waals surface area contributed by atoms with Crippen molar-refractivity contribution < 1.29 is 5.11 Å². The number of benzene rings is 2. The molecule has 0 radical (unpaired) electrons. The van der Waals surface area contributed by atoms with Gasteiger partial charge in [0.1, 0.15) is 0 Å². The minimum atomic E-state index is -0.726. The second kappa shape index (κ2) is 5.94. The van der Waals surface area contributed by atoms with Crippen LogP contribution in [0.4, 0.5) is 0 Å². The Bertz CT molecular complexity index is 554. The first-order valence-electron chi connectivity index (χ1n) is 5.44. The van der Waals surface area contributed by atoms with E-state index < -0.39 is 6.10 Å². The molecule has 4 heteroatoms. The Morgan fingerprint density at radius 3 is 2.39 bits per heavy atom. The Kier molecular flexibility index (Phi) is 4.52. The van der Waals surface area contributed by atoms with Crippen molar-refractivity contribution in [1.29, 1.82) is 0 Å². The van der Waals surface area contributed by atoms with Gasteiger partial charge < -0.3 is 5.11 Å². The van der Waals surface area contributed by atoms with Gasteiger partial charge in [-0.3, -0.25) is 0 Å². The van der Waals surface area contributed by atoms with Crippen LogP contribution in [0.15, 0.2) is 42.5 Å². The number of halogens is 3. The first-order valence-corrected chi connectivity index (χ1v) is 6.57. The largest absolute Gasteiger partial charge is 0.388 e. The molecule has 0 bridgehead atoms. The number of hydrogen-bond acceptors (Lipinski definition) is 1. The van der Waals surface area contributed by atoms with Crippen molar-refractivity contribution in [2.75, 3.05) is 0 Å².